The highest BCUT2D eigenvalue weighted by molar-refractivity contribution is 7.98. The van der Waals surface area contributed by atoms with Crippen molar-refractivity contribution in [1.82, 2.24) is 0 Å². The molecule has 0 aliphatic carbocycles. The summed E-state index contributed by atoms with van der Waals surface area (Å²) in [6.45, 7) is 0. The fourth-order valence-electron chi connectivity index (χ4n) is 2.35. The van der Waals surface area contributed by atoms with Crippen LogP contribution in [0.1, 0.15) is 21.5 Å². The molecule has 1 heterocycles. The number of carbonyl (C=O) groups excluding carboxylic acids is 1. The van der Waals surface area contributed by atoms with Crippen LogP contribution < -0.4 is 4.74 Å². The lowest BCUT2D eigenvalue weighted by Gasteiger charge is -2.07. The molecule has 1 aliphatic rings. The largest absolute Gasteiger partial charge is 0.497 e. The molecule has 5 nitrogen and oxygen atoms in total. The van der Waals surface area contributed by atoms with Crippen molar-refractivity contribution in [3.8, 4) is 5.75 Å². The number of hydrogen-bond donors (Lipinski definition) is 0. The van der Waals surface area contributed by atoms with Crippen molar-refractivity contribution in [2.45, 2.75) is 10.6 Å². The van der Waals surface area contributed by atoms with Crippen LogP contribution in [-0.2, 0) is 5.75 Å². The van der Waals surface area contributed by atoms with E-state index >= 15 is 0 Å². The first-order valence-corrected chi connectivity index (χ1v) is 7.22. The minimum Gasteiger partial charge on any atom is -0.497 e. The summed E-state index contributed by atoms with van der Waals surface area (Å²) in [6, 6.07) is 9.88. The second kappa shape index (κ2) is 5.21. The second-order valence-electron chi connectivity index (χ2n) is 4.55. The maximum atomic E-state index is 12.7. The molecule has 0 atom stereocenters. The number of nitro benzene ring substituents is 1. The molecular formula is C15H11NO4S. The third-order valence-corrected chi connectivity index (χ3v) is 4.47. The first-order valence-electron chi connectivity index (χ1n) is 6.23. The number of nitrogens with zero attached hydrogens (tertiary/aromatic N) is 1. The quantitative estimate of drug-likeness (QED) is 0.627. The molecule has 0 bridgehead atoms. The Morgan fingerprint density at radius 3 is 2.81 bits per heavy atom. The molecule has 6 heteroatoms. The Kier molecular flexibility index (Phi) is 3.39. The van der Waals surface area contributed by atoms with E-state index in [1.165, 1.54) is 17.8 Å². The molecule has 0 amide bonds. The zero-order valence-electron chi connectivity index (χ0n) is 11.2. The number of ketones is 1. The van der Waals surface area contributed by atoms with Gasteiger partial charge in [-0.2, -0.15) is 0 Å². The lowest BCUT2D eigenvalue weighted by Crippen LogP contribution is -2.07. The van der Waals surface area contributed by atoms with Gasteiger partial charge in [-0.1, -0.05) is 12.1 Å². The minimum atomic E-state index is -0.504. The number of nitro groups is 1. The SMILES string of the molecule is COc1ccc2c(c1)SCc1cccc([N+](=O)[O-])c1C2=O. The highest BCUT2D eigenvalue weighted by atomic mass is 32.2. The molecule has 1 aliphatic heterocycles. The van der Waals surface area contributed by atoms with Crippen LogP contribution >= 0.6 is 11.8 Å². The number of carbonyl (C=O) groups is 1. The van der Waals surface area contributed by atoms with Gasteiger partial charge < -0.3 is 4.74 Å². The van der Waals surface area contributed by atoms with Gasteiger partial charge in [0.1, 0.15) is 11.3 Å². The van der Waals surface area contributed by atoms with E-state index in [1.54, 1.807) is 37.4 Å². The lowest BCUT2D eigenvalue weighted by molar-refractivity contribution is -0.385. The van der Waals surface area contributed by atoms with Gasteiger partial charge in [-0.3, -0.25) is 14.9 Å². The Bertz CT molecular complexity index is 757. The van der Waals surface area contributed by atoms with E-state index in [0.29, 0.717) is 22.6 Å². The van der Waals surface area contributed by atoms with Gasteiger partial charge in [0.2, 0.25) is 5.78 Å². The molecule has 106 valence electrons. The van der Waals surface area contributed by atoms with Crippen molar-refractivity contribution >= 4 is 23.2 Å². The van der Waals surface area contributed by atoms with Crippen LogP contribution in [0.25, 0.3) is 0 Å². The van der Waals surface area contributed by atoms with E-state index in [9.17, 15) is 14.9 Å². The summed E-state index contributed by atoms with van der Waals surface area (Å²) < 4.78 is 5.16. The van der Waals surface area contributed by atoms with E-state index in [2.05, 4.69) is 0 Å². The van der Waals surface area contributed by atoms with E-state index in [1.807, 2.05) is 0 Å². The predicted molar refractivity (Wildman–Crippen MR) is 79.1 cm³/mol. The Morgan fingerprint density at radius 2 is 2.10 bits per heavy atom. The van der Waals surface area contributed by atoms with Crippen molar-refractivity contribution in [3.63, 3.8) is 0 Å². The van der Waals surface area contributed by atoms with Gasteiger partial charge >= 0.3 is 0 Å². The molecule has 0 unspecified atom stereocenters. The molecule has 0 saturated carbocycles. The maximum Gasteiger partial charge on any atom is 0.280 e. The number of ether oxygens (including phenoxy) is 1. The topological polar surface area (TPSA) is 69.4 Å². The molecule has 0 saturated heterocycles. The molecule has 0 fully saturated rings. The average molecular weight is 301 g/mol. The van der Waals surface area contributed by atoms with Crippen molar-refractivity contribution in [2.24, 2.45) is 0 Å². The minimum absolute atomic E-state index is 0.137. The highest BCUT2D eigenvalue weighted by Gasteiger charge is 2.29. The summed E-state index contributed by atoms with van der Waals surface area (Å²) in [7, 11) is 1.56. The Labute approximate surface area is 125 Å². The summed E-state index contributed by atoms with van der Waals surface area (Å²) in [4.78, 5) is 24.1. The zero-order valence-corrected chi connectivity index (χ0v) is 12.0. The number of benzene rings is 2. The molecule has 2 aromatic carbocycles. The molecule has 21 heavy (non-hydrogen) atoms. The number of fused-ring (bicyclic) bond motifs is 2. The fourth-order valence-corrected chi connectivity index (χ4v) is 3.42. The fraction of sp³-hybridized carbons (Fsp3) is 0.133. The van der Waals surface area contributed by atoms with Gasteiger partial charge in [-0.05, 0) is 23.8 Å². The highest BCUT2D eigenvalue weighted by Crippen LogP contribution is 2.38. The molecule has 2 aromatic rings. The Hall–Kier alpha value is -2.34. The summed E-state index contributed by atoms with van der Waals surface area (Å²) >= 11 is 1.48. The van der Waals surface area contributed by atoms with Crippen LogP contribution in [0.4, 0.5) is 5.69 Å². The predicted octanol–water partition coefficient (Wildman–Crippen LogP) is 3.44. The number of rotatable bonds is 2. The average Bonchev–Trinajstić information content (AvgIpc) is 2.64. The maximum absolute atomic E-state index is 12.7. The standard InChI is InChI=1S/C15H11NO4S/c1-20-10-5-6-11-13(7-10)21-8-9-3-2-4-12(16(18)19)14(9)15(11)17/h2-7H,8H2,1H3. The van der Waals surface area contributed by atoms with Gasteiger partial charge in [-0.15, -0.1) is 11.8 Å². The van der Waals surface area contributed by atoms with Gasteiger partial charge in [0, 0.05) is 22.3 Å². The number of methoxy groups -OCH3 is 1. The zero-order chi connectivity index (χ0) is 15.0. The Morgan fingerprint density at radius 1 is 1.29 bits per heavy atom. The van der Waals surface area contributed by atoms with E-state index < -0.39 is 4.92 Å². The molecule has 3 rings (SSSR count). The molecule has 0 radical (unpaired) electrons. The smallest absolute Gasteiger partial charge is 0.280 e. The van der Waals surface area contributed by atoms with Crippen LogP contribution in [0.5, 0.6) is 5.75 Å². The summed E-state index contributed by atoms with van der Waals surface area (Å²) in [5.74, 6) is 0.873. The van der Waals surface area contributed by atoms with Crippen molar-refractivity contribution in [1.29, 1.82) is 0 Å². The monoisotopic (exact) mass is 301 g/mol. The van der Waals surface area contributed by atoms with Crippen molar-refractivity contribution in [3.05, 3.63) is 63.2 Å². The van der Waals surface area contributed by atoms with Gasteiger partial charge in [0.05, 0.1) is 12.0 Å². The molecule has 0 spiro atoms. The van der Waals surface area contributed by atoms with Crippen molar-refractivity contribution in [2.75, 3.05) is 7.11 Å². The normalized spacial score (nSPS) is 13.1. The van der Waals surface area contributed by atoms with Crippen LogP contribution in [0.3, 0.4) is 0 Å². The third kappa shape index (κ3) is 2.27. The molecule has 0 aromatic heterocycles. The first kappa shape index (κ1) is 13.6. The van der Waals surface area contributed by atoms with Gasteiger partial charge in [0.15, 0.2) is 0 Å². The Balaban J connectivity index is 2.20. The second-order valence-corrected chi connectivity index (χ2v) is 5.57. The lowest BCUT2D eigenvalue weighted by atomic mass is 9.97. The van der Waals surface area contributed by atoms with Crippen LogP contribution in [0.2, 0.25) is 0 Å². The van der Waals surface area contributed by atoms with E-state index in [0.717, 1.165) is 4.90 Å². The molecule has 0 N–H and O–H groups in total. The summed E-state index contributed by atoms with van der Waals surface area (Å²) in [5, 5.41) is 11.2. The summed E-state index contributed by atoms with van der Waals surface area (Å²) in [5.41, 5.74) is 1.23. The summed E-state index contributed by atoms with van der Waals surface area (Å²) in [6.07, 6.45) is 0. The third-order valence-electron chi connectivity index (χ3n) is 3.37. The van der Waals surface area contributed by atoms with Crippen LogP contribution in [0.15, 0.2) is 41.3 Å². The first-order chi connectivity index (χ1) is 10.1. The van der Waals surface area contributed by atoms with E-state index in [-0.39, 0.29) is 17.0 Å². The van der Waals surface area contributed by atoms with E-state index in [4.69, 9.17) is 4.74 Å². The van der Waals surface area contributed by atoms with Gasteiger partial charge in [0.25, 0.3) is 5.69 Å². The van der Waals surface area contributed by atoms with Gasteiger partial charge in [-0.25, -0.2) is 0 Å². The van der Waals surface area contributed by atoms with Crippen molar-refractivity contribution < 1.29 is 14.5 Å². The van der Waals surface area contributed by atoms with Crippen LogP contribution in [-0.4, -0.2) is 17.8 Å². The number of thioether (sulfide) groups is 1. The van der Waals surface area contributed by atoms with Crippen LogP contribution in [0, 0.1) is 10.1 Å². The molecular weight excluding hydrogens is 290 g/mol. The number of hydrogen-bond acceptors (Lipinski definition) is 5.